The van der Waals surface area contributed by atoms with Gasteiger partial charge in [-0.25, -0.2) is 4.98 Å². The third kappa shape index (κ3) is 2.63. The van der Waals surface area contributed by atoms with Crippen LogP contribution in [0.25, 0.3) is 0 Å². The van der Waals surface area contributed by atoms with Crippen LogP contribution >= 0.6 is 11.6 Å². The Hall–Kier alpha value is -0.760. The van der Waals surface area contributed by atoms with Crippen molar-refractivity contribution in [1.29, 1.82) is 0 Å². The first-order valence-corrected chi connectivity index (χ1v) is 6.13. The summed E-state index contributed by atoms with van der Waals surface area (Å²) in [5.41, 5.74) is 1.14. The van der Waals surface area contributed by atoms with Gasteiger partial charge in [0.15, 0.2) is 0 Å². The summed E-state index contributed by atoms with van der Waals surface area (Å²) in [5.74, 6) is 2.50. The van der Waals surface area contributed by atoms with Crippen LogP contribution < -0.4 is 4.90 Å². The van der Waals surface area contributed by atoms with Gasteiger partial charge in [-0.3, -0.25) is 0 Å². The zero-order valence-corrected chi connectivity index (χ0v) is 9.87. The molecule has 15 heavy (non-hydrogen) atoms. The second-order valence-electron chi connectivity index (χ2n) is 4.10. The summed E-state index contributed by atoms with van der Waals surface area (Å²) in [4.78, 5) is 6.79. The first-order chi connectivity index (χ1) is 7.35. The quantitative estimate of drug-likeness (QED) is 0.715. The summed E-state index contributed by atoms with van der Waals surface area (Å²) in [6.45, 7) is 4.32. The summed E-state index contributed by atoms with van der Waals surface area (Å²) >= 11 is 5.92. The lowest BCUT2D eigenvalue weighted by Gasteiger charge is -2.23. The van der Waals surface area contributed by atoms with E-state index in [0.717, 1.165) is 30.4 Å². The molecular formula is C12H17ClN2. The van der Waals surface area contributed by atoms with E-state index in [1.807, 2.05) is 12.3 Å². The molecule has 1 aliphatic carbocycles. The van der Waals surface area contributed by atoms with Crippen LogP contribution in [0.1, 0.15) is 25.3 Å². The van der Waals surface area contributed by atoms with E-state index in [4.69, 9.17) is 11.6 Å². The lowest BCUT2D eigenvalue weighted by Crippen LogP contribution is -2.27. The summed E-state index contributed by atoms with van der Waals surface area (Å²) < 4.78 is 0. The summed E-state index contributed by atoms with van der Waals surface area (Å²) in [6, 6.07) is 4.01. The van der Waals surface area contributed by atoms with E-state index < -0.39 is 0 Å². The first-order valence-electron chi connectivity index (χ1n) is 5.60. The van der Waals surface area contributed by atoms with E-state index in [0.29, 0.717) is 5.88 Å². The molecule has 1 fully saturated rings. The number of aromatic nitrogens is 1. The minimum absolute atomic E-state index is 0.546. The molecule has 82 valence electrons. The molecule has 2 rings (SSSR count). The van der Waals surface area contributed by atoms with Crippen molar-refractivity contribution in [2.75, 3.05) is 18.0 Å². The molecule has 0 bridgehead atoms. The average Bonchev–Trinajstić information content (AvgIpc) is 3.10. The number of nitrogens with zero attached hydrogens (tertiary/aromatic N) is 2. The molecule has 0 saturated heterocycles. The second-order valence-corrected chi connectivity index (χ2v) is 4.37. The van der Waals surface area contributed by atoms with Crippen molar-refractivity contribution in [1.82, 2.24) is 4.98 Å². The van der Waals surface area contributed by atoms with Gasteiger partial charge in [0, 0.05) is 24.8 Å². The summed E-state index contributed by atoms with van der Waals surface area (Å²) in [5, 5.41) is 0. The molecule has 0 aromatic carbocycles. The van der Waals surface area contributed by atoms with Crippen molar-refractivity contribution >= 4 is 17.4 Å². The van der Waals surface area contributed by atoms with E-state index >= 15 is 0 Å². The predicted molar refractivity (Wildman–Crippen MR) is 64.4 cm³/mol. The molecule has 0 radical (unpaired) electrons. The van der Waals surface area contributed by atoms with Crippen LogP contribution in [0.3, 0.4) is 0 Å². The highest BCUT2D eigenvalue weighted by Crippen LogP contribution is 2.31. The van der Waals surface area contributed by atoms with Crippen LogP contribution in [-0.4, -0.2) is 18.1 Å². The molecule has 0 N–H and O–H groups in total. The number of anilines is 1. The number of halogens is 1. The minimum atomic E-state index is 0.546. The maximum absolute atomic E-state index is 5.92. The van der Waals surface area contributed by atoms with Gasteiger partial charge in [-0.15, -0.1) is 11.6 Å². The average molecular weight is 225 g/mol. The predicted octanol–water partition coefficient (Wildman–Crippen LogP) is 3.06. The van der Waals surface area contributed by atoms with Gasteiger partial charge < -0.3 is 4.90 Å². The normalized spacial score (nSPS) is 15.3. The highest BCUT2D eigenvalue weighted by atomic mass is 35.5. The molecule has 0 atom stereocenters. The summed E-state index contributed by atoms with van der Waals surface area (Å²) in [7, 11) is 0. The standard InChI is InChI=1S/C12H17ClN2/c1-2-15(9-10-5-6-10)12-11(8-13)4-3-7-14-12/h3-4,7,10H,2,5-6,8-9H2,1H3. The zero-order valence-electron chi connectivity index (χ0n) is 9.12. The fraction of sp³-hybridized carbons (Fsp3) is 0.583. The van der Waals surface area contributed by atoms with Crippen LogP contribution in [-0.2, 0) is 5.88 Å². The molecule has 0 unspecified atom stereocenters. The number of hydrogen-bond acceptors (Lipinski definition) is 2. The van der Waals surface area contributed by atoms with E-state index in [1.54, 1.807) is 0 Å². The maximum Gasteiger partial charge on any atom is 0.132 e. The molecule has 0 amide bonds. The Morgan fingerprint density at radius 2 is 2.33 bits per heavy atom. The van der Waals surface area contributed by atoms with Gasteiger partial charge in [0.2, 0.25) is 0 Å². The topological polar surface area (TPSA) is 16.1 Å². The highest BCUT2D eigenvalue weighted by molar-refractivity contribution is 6.17. The Balaban J connectivity index is 2.15. The maximum atomic E-state index is 5.92. The van der Waals surface area contributed by atoms with E-state index in [-0.39, 0.29) is 0 Å². The van der Waals surface area contributed by atoms with Crippen molar-refractivity contribution in [2.45, 2.75) is 25.6 Å². The molecule has 1 aliphatic rings. The van der Waals surface area contributed by atoms with E-state index in [9.17, 15) is 0 Å². The van der Waals surface area contributed by atoms with Gasteiger partial charge in [-0.05, 0) is 31.7 Å². The number of rotatable bonds is 5. The van der Waals surface area contributed by atoms with Crippen molar-refractivity contribution in [3.63, 3.8) is 0 Å². The smallest absolute Gasteiger partial charge is 0.132 e. The molecule has 0 spiro atoms. The third-order valence-electron chi connectivity index (χ3n) is 2.87. The summed E-state index contributed by atoms with van der Waals surface area (Å²) in [6.07, 6.45) is 4.60. The fourth-order valence-electron chi connectivity index (χ4n) is 1.80. The Labute approximate surface area is 96.3 Å². The van der Waals surface area contributed by atoms with Crippen molar-refractivity contribution in [3.8, 4) is 0 Å². The first kappa shape index (κ1) is 10.7. The number of pyridine rings is 1. The SMILES string of the molecule is CCN(CC1CC1)c1ncccc1CCl. The lowest BCUT2D eigenvalue weighted by atomic mass is 10.2. The van der Waals surface area contributed by atoms with E-state index in [1.165, 1.54) is 12.8 Å². The van der Waals surface area contributed by atoms with E-state index in [2.05, 4.69) is 22.9 Å². The van der Waals surface area contributed by atoms with Crippen LogP contribution in [0.4, 0.5) is 5.82 Å². The number of alkyl halides is 1. The van der Waals surface area contributed by atoms with Gasteiger partial charge in [-0.2, -0.15) is 0 Å². The van der Waals surface area contributed by atoms with Crippen molar-refractivity contribution in [3.05, 3.63) is 23.9 Å². The largest absolute Gasteiger partial charge is 0.356 e. The Morgan fingerprint density at radius 3 is 2.93 bits per heavy atom. The van der Waals surface area contributed by atoms with Gasteiger partial charge in [-0.1, -0.05) is 6.07 Å². The second kappa shape index (κ2) is 4.84. The molecule has 2 nitrogen and oxygen atoms in total. The third-order valence-corrected chi connectivity index (χ3v) is 3.16. The molecule has 0 aliphatic heterocycles. The molecule has 1 heterocycles. The van der Waals surface area contributed by atoms with Crippen LogP contribution in [0, 0.1) is 5.92 Å². The fourth-order valence-corrected chi connectivity index (χ4v) is 2.01. The van der Waals surface area contributed by atoms with Gasteiger partial charge in [0.05, 0.1) is 5.88 Å². The van der Waals surface area contributed by atoms with Gasteiger partial charge in [0.1, 0.15) is 5.82 Å². The monoisotopic (exact) mass is 224 g/mol. The molecular weight excluding hydrogens is 208 g/mol. The van der Waals surface area contributed by atoms with Crippen molar-refractivity contribution in [2.24, 2.45) is 5.92 Å². The van der Waals surface area contributed by atoms with Crippen LogP contribution in [0.2, 0.25) is 0 Å². The molecule has 3 heteroatoms. The number of hydrogen-bond donors (Lipinski definition) is 0. The Kier molecular flexibility index (Phi) is 3.47. The Morgan fingerprint density at radius 1 is 1.53 bits per heavy atom. The molecule has 1 saturated carbocycles. The lowest BCUT2D eigenvalue weighted by molar-refractivity contribution is 0.729. The van der Waals surface area contributed by atoms with Gasteiger partial charge in [0.25, 0.3) is 0 Å². The van der Waals surface area contributed by atoms with Crippen molar-refractivity contribution < 1.29 is 0 Å². The highest BCUT2D eigenvalue weighted by Gasteiger charge is 2.24. The minimum Gasteiger partial charge on any atom is -0.356 e. The molecule has 1 aromatic heterocycles. The zero-order chi connectivity index (χ0) is 10.7. The van der Waals surface area contributed by atoms with Crippen LogP contribution in [0.15, 0.2) is 18.3 Å². The molecule has 1 aromatic rings. The van der Waals surface area contributed by atoms with Crippen LogP contribution in [0.5, 0.6) is 0 Å². The van der Waals surface area contributed by atoms with Gasteiger partial charge >= 0.3 is 0 Å². The Bertz CT molecular complexity index is 323.